The molecule has 1 aliphatic heterocycles. The van der Waals surface area contributed by atoms with Crippen LogP contribution in [0.15, 0.2) is 4.99 Å². The van der Waals surface area contributed by atoms with Crippen molar-refractivity contribution in [1.29, 1.82) is 0 Å². The topological polar surface area (TPSA) is 50.8 Å². The number of ether oxygens (including phenoxy) is 1. The van der Waals surface area contributed by atoms with Gasteiger partial charge in [0.1, 0.15) is 0 Å². The van der Waals surface area contributed by atoms with Crippen molar-refractivity contribution in [2.75, 3.05) is 13.1 Å². The lowest BCUT2D eigenvalue weighted by molar-refractivity contribution is -0.113. The molecule has 4 heteroatoms. The molecule has 0 aromatic rings. The van der Waals surface area contributed by atoms with Crippen LogP contribution >= 0.6 is 0 Å². The van der Waals surface area contributed by atoms with Gasteiger partial charge >= 0.3 is 0 Å². The molecule has 1 atom stereocenters. The summed E-state index contributed by atoms with van der Waals surface area (Å²) in [5, 5.41) is 0. The van der Waals surface area contributed by atoms with Gasteiger partial charge in [-0.05, 0) is 33.6 Å². The monoisotopic (exact) mass is 253 g/mol. The van der Waals surface area contributed by atoms with Gasteiger partial charge in [0.15, 0.2) is 5.96 Å². The molecule has 18 heavy (non-hydrogen) atoms. The number of rotatable bonds is 1. The minimum absolute atomic E-state index is 0.135. The second-order valence-electron chi connectivity index (χ2n) is 6.35. The first-order chi connectivity index (χ1) is 8.46. The van der Waals surface area contributed by atoms with Gasteiger partial charge in [-0.2, -0.15) is 0 Å². The number of aliphatic imine (C=N–C) groups is 1. The molecule has 1 heterocycles. The second-order valence-corrected chi connectivity index (χ2v) is 6.35. The van der Waals surface area contributed by atoms with E-state index in [1.807, 2.05) is 0 Å². The van der Waals surface area contributed by atoms with E-state index in [0.29, 0.717) is 12.0 Å². The Labute approximate surface area is 111 Å². The molecule has 104 valence electrons. The van der Waals surface area contributed by atoms with Gasteiger partial charge in [0, 0.05) is 13.1 Å². The zero-order chi connectivity index (χ0) is 13.2. The van der Waals surface area contributed by atoms with Gasteiger partial charge in [0.05, 0.1) is 17.7 Å². The smallest absolute Gasteiger partial charge is 0.191 e. The highest BCUT2D eigenvalue weighted by Gasteiger charge is 2.32. The molecule has 2 rings (SSSR count). The maximum absolute atomic E-state index is 6.18. The minimum atomic E-state index is -0.135. The number of hydrogen-bond acceptors (Lipinski definition) is 2. The van der Waals surface area contributed by atoms with Crippen LogP contribution in [0.3, 0.4) is 0 Å². The number of morpholine rings is 1. The van der Waals surface area contributed by atoms with Gasteiger partial charge in [-0.15, -0.1) is 0 Å². The van der Waals surface area contributed by atoms with Crippen molar-refractivity contribution < 1.29 is 4.74 Å². The van der Waals surface area contributed by atoms with Crippen LogP contribution in [0, 0.1) is 0 Å². The zero-order valence-electron chi connectivity index (χ0n) is 12.0. The third kappa shape index (κ3) is 3.61. The van der Waals surface area contributed by atoms with E-state index in [-0.39, 0.29) is 11.7 Å². The Hall–Kier alpha value is -0.770. The number of hydrogen-bond donors (Lipinski definition) is 1. The molecule has 1 saturated carbocycles. The fourth-order valence-corrected chi connectivity index (χ4v) is 3.11. The predicted octanol–water partition coefficient (Wildman–Crippen LogP) is 2.13. The predicted molar refractivity (Wildman–Crippen MR) is 74.7 cm³/mol. The van der Waals surface area contributed by atoms with Gasteiger partial charge in [0.2, 0.25) is 0 Å². The van der Waals surface area contributed by atoms with E-state index in [1.54, 1.807) is 0 Å². The van der Waals surface area contributed by atoms with Crippen LogP contribution < -0.4 is 5.73 Å². The Morgan fingerprint density at radius 1 is 1.28 bits per heavy atom. The molecule has 2 fully saturated rings. The lowest BCUT2D eigenvalue weighted by Gasteiger charge is -2.42. The summed E-state index contributed by atoms with van der Waals surface area (Å²) in [5.74, 6) is 0.713. The van der Waals surface area contributed by atoms with Crippen molar-refractivity contribution >= 4 is 5.96 Å². The summed E-state index contributed by atoms with van der Waals surface area (Å²) < 4.78 is 5.89. The average molecular weight is 253 g/mol. The largest absolute Gasteiger partial charge is 0.370 e. The fraction of sp³-hybridized carbons (Fsp3) is 0.929. The van der Waals surface area contributed by atoms with Gasteiger partial charge in [-0.25, -0.2) is 4.99 Å². The highest BCUT2D eigenvalue weighted by atomic mass is 16.5. The Morgan fingerprint density at radius 2 is 1.94 bits per heavy atom. The molecule has 0 spiro atoms. The Bertz CT molecular complexity index is 308. The van der Waals surface area contributed by atoms with Gasteiger partial charge in [0.25, 0.3) is 0 Å². The first kappa shape index (κ1) is 13.7. The molecule has 2 aliphatic rings. The highest BCUT2D eigenvalue weighted by Crippen LogP contribution is 2.23. The number of nitrogens with zero attached hydrogens (tertiary/aromatic N) is 2. The van der Waals surface area contributed by atoms with Crippen LogP contribution in [-0.2, 0) is 4.74 Å². The van der Waals surface area contributed by atoms with E-state index in [1.165, 1.54) is 32.1 Å². The molecule has 0 bridgehead atoms. The maximum Gasteiger partial charge on any atom is 0.191 e. The summed E-state index contributed by atoms with van der Waals surface area (Å²) in [6.45, 7) is 8.01. The quantitative estimate of drug-likeness (QED) is 0.575. The number of nitrogens with two attached hydrogens (primary N) is 1. The molecule has 0 aromatic carbocycles. The van der Waals surface area contributed by atoms with E-state index < -0.39 is 0 Å². The summed E-state index contributed by atoms with van der Waals surface area (Å²) in [4.78, 5) is 6.91. The molecule has 0 aromatic heterocycles. The average Bonchev–Trinajstić information content (AvgIpc) is 2.27. The maximum atomic E-state index is 6.18. The fourth-order valence-electron chi connectivity index (χ4n) is 3.11. The van der Waals surface area contributed by atoms with Crippen LogP contribution in [0.1, 0.15) is 52.9 Å². The number of guanidine groups is 1. The van der Waals surface area contributed by atoms with Gasteiger partial charge in [-0.3, -0.25) is 0 Å². The molecular weight excluding hydrogens is 226 g/mol. The van der Waals surface area contributed by atoms with Crippen molar-refractivity contribution in [1.82, 2.24) is 4.90 Å². The molecule has 1 unspecified atom stereocenters. The first-order valence-electron chi connectivity index (χ1n) is 7.22. The molecule has 1 aliphatic carbocycles. The molecular formula is C14H27N3O. The van der Waals surface area contributed by atoms with E-state index in [2.05, 4.69) is 25.7 Å². The summed E-state index contributed by atoms with van der Waals surface area (Å²) >= 11 is 0. The van der Waals surface area contributed by atoms with E-state index in [0.717, 1.165) is 13.1 Å². The zero-order valence-corrected chi connectivity index (χ0v) is 12.0. The second kappa shape index (κ2) is 5.47. The third-order valence-electron chi connectivity index (χ3n) is 3.78. The van der Waals surface area contributed by atoms with Crippen molar-refractivity contribution in [2.24, 2.45) is 10.7 Å². The van der Waals surface area contributed by atoms with Crippen molar-refractivity contribution in [3.63, 3.8) is 0 Å². The first-order valence-corrected chi connectivity index (χ1v) is 7.22. The summed E-state index contributed by atoms with van der Waals surface area (Å²) in [6, 6.07) is 0.444. The molecule has 1 saturated heterocycles. The van der Waals surface area contributed by atoms with Gasteiger partial charge in [-0.1, -0.05) is 19.3 Å². The molecule has 4 nitrogen and oxygen atoms in total. The lowest BCUT2D eigenvalue weighted by Crippen LogP contribution is -2.56. The standard InChI is InChI=1S/C14H27N3O/c1-11-9-17(10-14(2,3)18-11)13(15)16-12-7-5-4-6-8-12/h11-12H,4-10H2,1-3H3,(H2,15,16). The summed E-state index contributed by atoms with van der Waals surface area (Å²) in [5.41, 5.74) is 6.05. The van der Waals surface area contributed by atoms with Gasteiger partial charge < -0.3 is 15.4 Å². The Morgan fingerprint density at radius 3 is 2.56 bits per heavy atom. The van der Waals surface area contributed by atoms with E-state index >= 15 is 0 Å². The van der Waals surface area contributed by atoms with Crippen LogP contribution in [0.5, 0.6) is 0 Å². The molecule has 2 N–H and O–H groups in total. The van der Waals surface area contributed by atoms with Crippen molar-refractivity contribution in [3.05, 3.63) is 0 Å². The van der Waals surface area contributed by atoms with Crippen molar-refractivity contribution in [3.8, 4) is 0 Å². The summed E-state index contributed by atoms with van der Waals surface area (Å²) in [7, 11) is 0. The normalized spacial score (nSPS) is 30.5. The van der Waals surface area contributed by atoms with Crippen molar-refractivity contribution in [2.45, 2.75) is 70.6 Å². The summed E-state index contributed by atoms with van der Waals surface area (Å²) in [6.07, 6.45) is 6.56. The third-order valence-corrected chi connectivity index (χ3v) is 3.78. The van der Waals surface area contributed by atoms with Crippen LogP contribution in [0.25, 0.3) is 0 Å². The van der Waals surface area contributed by atoms with Crippen LogP contribution in [0.4, 0.5) is 0 Å². The SMILES string of the molecule is CC1CN(C(N)=NC2CCCCC2)CC(C)(C)O1. The molecule has 0 amide bonds. The Kier molecular flexibility index (Phi) is 4.15. The lowest BCUT2D eigenvalue weighted by atomic mass is 9.96. The van der Waals surface area contributed by atoms with E-state index in [9.17, 15) is 0 Å². The Balaban J connectivity index is 1.98. The molecule has 0 radical (unpaired) electrons. The van der Waals surface area contributed by atoms with Crippen LogP contribution in [0.2, 0.25) is 0 Å². The highest BCUT2D eigenvalue weighted by molar-refractivity contribution is 5.78. The minimum Gasteiger partial charge on any atom is -0.370 e. The van der Waals surface area contributed by atoms with E-state index in [4.69, 9.17) is 15.5 Å². The van der Waals surface area contributed by atoms with Crippen LogP contribution in [-0.4, -0.2) is 41.7 Å².